The van der Waals surface area contributed by atoms with Crippen molar-refractivity contribution in [1.82, 2.24) is 0 Å². The van der Waals surface area contributed by atoms with E-state index in [-0.39, 0.29) is 18.5 Å². The van der Waals surface area contributed by atoms with Gasteiger partial charge in [-0.05, 0) is 25.7 Å². The lowest BCUT2D eigenvalue weighted by atomic mass is 10.0. The number of quaternary nitrogens is 1. The molecule has 0 aromatic carbocycles. The highest BCUT2D eigenvalue weighted by Gasteiger charge is 2.24. The van der Waals surface area contributed by atoms with Gasteiger partial charge in [0, 0.05) is 0 Å². The molecule has 0 saturated heterocycles. The average Bonchev–Trinajstić information content (AvgIpc) is 2.85. The zero-order chi connectivity index (χ0) is 25.9. The van der Waals surface area contributed by atoms with Crippen LogP contribution in [0.4, 0.5) is 0 Å². The first-order valence-electron chi connectivity index (χ1n) is 16.2. The average molecular weight is 553 g/mol. The van der Waals surface area contributed by atoms with Gasteiger partial charge in [0.15, 0.2) is 0 Å². The van der Waals surface area contributed by atoms with Crippen molar-refractivity contribution < 1.29 is 22.0 Å². The fraction of sp³-hybridized carbons (Fsp3) is 1.00. The lowest BCUT2D eigenvalue weighted by molar-refractivity contribution is -0.912. The standard InChI is InChI=1S/C32H67ClNO.ClH/c1-4-6-8-10-12-14-16-18-20-22-24-26-28-34(3,31-32(35)30-33)29-27-25-23-21-19-17-15-13-11-9-7-5-2;/h32,35H,4-31H2,1-3H3;1H/q+1;/p-1. The molecule has 0 bridgehead atoms. The van der Waals surface area contributed by atoms with Crippen molar-refractivity contribution in [3.63, 3.8) is 0 Å². The van der Waals surface area contributed by atoms with Gasteiger partial charge in [0.2, 0.25) is 0 Å². The first-order chi connectivity index (χ1) is 17.1. The van der Waals surface area contributed by atoms with E-state index in [9.17, 15) is 5.11 Å². The lowest BCUT2D eigenvalue weighted by Crippen LogP contribution is -3.00. The van der Waals surface area contributed by atoms with Gasteiger partial charge in [0.25, 0.3) is 0 Å². The zero-order valence-corrected chi connectivity index (χ0v) is 26.5. The van der Waals surface area contributed by atoms with Crippen LogP contribution in [0.5, 0.6) is 0 Å². The minimum atomic E-state index is -0.365. The van der Waals surface area contributed by atoms with E-state index >= 15 is 0 Å². The third kappa shape index (κ3) is 27.5. The second-order valence-corrected chi connectivity index (χ2v) is 12.1. The van der Waals surface area contributed by atoms with Crippen LogP contribution in [0.15, 0.2) is 0 Å². The lowest BCUT2D eigenvalue weighted by Gasteiger charge is -2.36. The molecule has 2 nitrogen and oxygen atoms in total. The summed E-state index contributed by atoms with van der Waals surface area (Å²) < 4.78 is 1.00. The fourth-order valence-electron chi connectivity index (χ4n) is 5.52. The van der Waals surface area contributed by atoms with E-state index in [1.165, 1.54) is 167 Å². The predicted molar refractivity (Wildman–Crippen MR) is 160 cm³/mol. The van der Waals surface area contributed by atoms with Crippen LogP contribution in [0.25, 0.3) is 0 Å². The van der Waals surface area contributed by atoms with Gasteiger partial charge in [-0.2, -0.15) is 0 Å². The summed E-state index contributed by atoms with van der Waals surface area (Å²) in [7, 11) is 2.35. The molecule has 0 aromatic rings. The second kappa shape index (κ2) is 30.0. The van der Waals surface area contributed by atoms with Gasteiger partial charge in [-0.3, -0.25) is 0 Å². The van der Waals surface area contributed by atoms with Crippen LogP contribution < -0.4 is 12.4 Å². The van der Waals surface area contributed by atoms with Crippen LogP contribution in [0.3, 0.4) is 0 Å². The summed E-state index contributed by atoms with van der Waals surface area (Å²) in [5, 5.41) is 10.2. The second-order valence-electron chi connectivity index (χ2n) is 11.8. The van der Waals surface area contributed by atoms with E-state index in [0.29, 0.717) is 5.88 Å². The monoisotopic (exact) mass is 551 g/mol. The summed E-state index contributed by atoms with van der Waals surface area (Å²) in [6, 6.07) is 0. The summed E-state index contributed by atoms with van der Waals surface area (Å²) in [5.74, 6) is 0.366. The zero-order valence-electron chi connectivity index (χ0n) is 25.0. The molecule has 0 aliphatic rings. The van der Waals surface area contributed by atoms with E-state index in [2.05, 4.69) is 20.9 Å². The molecule has 36 heavy (non-hydrogen) atoms. The third-order valence-corrected chi connectivity index (χ3v) is 8.29. The van der Waals surface area contributed by atoms with Crippen molar-refractivity contribution in [3.8, 4) is 0 Å². The Labute approximate surface area is 239 Å². The molecule has 0 spiro atoms. The van der Waals surface area contributed by atoms with Crippen molar-refractivity contribution in [2.75, 3.05) is 32.6 Å². The summed E-state index contributed by atoms with van der Waals surface area (Å²) in [4.78, 5) is 0. The molecular formula is C32H67Cl2NO. The van der Waals surface area contributed by atoms with Gasteiger partial charge in [-0.25, -0.2) is 0 Å². The Hall–Kier alpha value is 0.500. The van der Waals surface area contributed by atoms with E-state index in [4.69, 9.17) is 11.6 Å². The van der Waals surface area contributed by atoms with E-state index < -0.39 is 0 Å². The Balaban J connectivity index is 0. The number of rotatable bonds is 29. The molecule has 0 aliphatic heterocycles. The number of alkyl halides is 1. The highest BCUT2D eigenvalue weighted by atomic mass is 35.5. The Morgan fingerprint density at radius 3 is 1.00 bits per heavy atom. The minimum Gasteiger partial charge on any atom is -1.00 e. The van der Waals surface area contributed by atoms with Gasteiger partial charge in [0.05, 0.1) is 26.0 Å². The predicted octanol–water partition coefficient (Wildman–Crippen LogP) is 7.44. The smallest absolute Gasteiger partial charge is 0.116 e. The maximum absolute atomic E-state index is 10.2. The number of aliphatic hydroxyl groups is 1. The van der Waals surface area contributed by atoms with Crippen LogP contribution in [0.1, 0.15) is 168 Å². The largest absolute Gasteiger partial charge is 1.00 e. The summed E-state index contributed by atoms with van der Waals surface area (Å²) in [5.41, 5.74) is 0. The van der Waals surface area contributed by atoms with E-state index in [0.717, 1.165) is 11.0 Å². The highest BCUT2D eigenvalue weighted by molar-refractivity contribution is 6.18. The fourth-order valence-corrected chi connectivity index (χ4v) is 5.62. The molecule has 0 heterocycles. The van der Waals surface area contributed by atoms with Crippen molar-refractivity contribution in [1.29, 1.82) is 0 Å². The molecule has 0 aliphatic carbocycles. The van der Waals surface area contributed by atoms with Crippen LogP contribution in [0, 0.1) is 0 Å². The third-order valence-electron chi connectivity index (χ3n) is 7.93. The highest BCUT2D eigenvalue weighted by Crippen LogP contribution is 2.17. The maximum Gasteiger partial charge on any atom is 0.116 e. The molecule has 4 heteroatoms. The Morgan fingerprint density at radius 1 is 0.500 bits per heavy atom. The van der Waals surface area contributed by atoms with Crippen molar-refractivity contribution in [2.45, 2.75) is 174 Å². The van der Waals surface area contributed by atoms with Gasteiger partial charge >= 0.3 is 0 Å². The number of likely N-dealkylation sites (N-methyl/N-ethyl adjacent to an activating group) is 1. The quantitative estimate of drug-likeness (QED) is 0.0581. The van der Waals surface area contributed by atoms with Crippen LogP contribution in [0.2, 0.25) is 0 Å². The normalized spacial score (nSPS) is 12.6. The maximum atomic E-state index is 10.2. The number of aliphatic hydroxyl groups excluding tert-OH is 1. The minimum absolute atomic E-state index is 0. The Morgan fingerprint density at radius 2 is 0.750 bits per heavy atom. The van der Waals surface area contributed by atoms with Gasteiger partial charge in [-0.15, -0.1) is 11.6 Å². The van der Waals surface area contributed by atoms with Gasteiger partial charge in [0.1, 0.15) is 12.6 Å². The number of unbranched alkanes of at least 4 members (excludes halogenated alkanes) is 22. The molecule has 0 radical (unpaired) electrons. The SMILES string of the molecule is CCCCCCCCCCCCCC[N+](C)(CCCCCCCCCCCCCC)CC(O)CCl.[Cl-]. The number of halogens is 2. The first-order valence-corrected chi connectivity index (χ1v) is 16.7. The molecule has 0 rings (SSSR count). The molecule has 1 atom stereocenters. The number of hydrogen-bond donors (Lipinski definition) is 1. The van der Waals surface area contributed by atoms with Crippen LogP contribution in [-0.2, 0) is 0 Å². The van der Waals surface area contributed by atoms with Crippen molar-refractivity contribution in [3.05, 3.63) is 0 Å². The number of hydrogen-bond acceptors (Lipinski definition) is 1. The summed E-state index contributed by atoms with van der Waals surface area (Å²) in [6.07, 6.45) is 33.2. The van der Waals surface area contributed by atoms with Crippen molar-refractivity contribution >= 4 is 11.6 Å². The molecule has 1 unspecified atom stereocenters. The topological polar surface area (TPSA) is 20.2 Å². The van der Waals surface area contributed by atoms with E-state index in [1.807, 2.05) is 0 Å². The molecule has 0 amide bonds. The summed E-state index contributed by atoms with van der Waals surface area (Å²) >= 11 is 5.96. The van der Waals surface area contributed by atoms with Gasteiger partial charge in [-0.1, -0.05) is 142 Å². The van der Waals surface area contributed by atoms with Crippen LogP contribution >= 0.6 is 11.6 Å². The molecular weight excluding hydrogens is 485 g/mol. The molecule has 0 fully saturated rings. The number of nitrogens with zero attached hydrogens (tertiary/aromatic N) is 1. The Kier molecular flexibility index (Phi) is 32.3. The van der Waals surface area contributed by atoms with Crippen molar-refractivity contribution in [2.24, 2.45) is 0 Å². The first kappa shape index (κ1) is 38.6. The molecule has 0 saturated carbocycles. The molecule has 220 valence electrons. The van der Waals surface area contributed by atoms with Gasteiger partial charge < -0.3 is 22.0 Å². The molecule has 0 aromatic heterocycles. The van der Waals surface area contributed by atoms with Crippen LogP contribution in [-0.4, -0.2) is 48.3 Å². The Bertz CT molecular complexity index is 380. The van der Waals surface area contributed by atoms with E-state index in [1.54, 1.807) is 0 Å². The summed E-state index contributed by atoms with van der Waals surface area (Å²) in [6.45, 7) is 7.80. The molecule has 1 N–H and O–H groups in total.